The summed E-state index contributed by atoms with van der Waals surface area (Å²) in [7, 11) is 0. The molecule has 1 aliphatic heterocycles. The van der Waals surface area contributed by atoms with Gasteiger partial charge in [0.05, 0.1) is 0 Å². The van der Waals surface area contributed by atoms with Crippen LogP contribution in [0.1, 0.15) is 22.5 Å². The first-order valence-electron chi connectivity index (χ1n) is 7.26. The van der Waals surface area contributed by atoms with Crippen LogP contribution in [0, 0.1) is 6.92 Å². The molecule has 1 amide bonds. The highest BCUT2D eigenvalue weighted by Crippen LogP contribution is 2.24. The van der Waals surface area contributed by atoms with E-state index in [9.17, 15) is 4.79 Å². The fourth-order valence-corrected chi connectivity index (χ4v) is 2.51. The number of benzene rings is 1. The average molecular weight is 285 g/mol. The Labute approximate surface area is 124 Å². The molecule has 0 unspecified atom stereocenters. The van der Waals surface area contributed by atoms with Crippen LogP contribution in [0.15, 0.2) is 35.1 Å². The van der Waals surface area contributed by atoms with Gasteiger partial charge in [0.15, 0.2) is 17.8 Å². The van der Waals surface area contributed by atoms with E-state index in [0.717, 1.165) is 31.6 Å². The van der Waals surface area contributed by atoms with Crippen LogP contribution < -0.4 is 5.32 Å². The number of nitrogens with one attached hydrogen (secondary N) is 1. The lowest BCUT2D eigenvalue weighted by Gasteiger charge is -2.18. The Morgan fingerprint density at radius 1 is 1.24 bits per heavy atom. The molecular weight excluding hydrogens is 266 g/mol. The minimum absolute atomic E-state index is 0.0528. The second-order valence-electron chi connectivity index (χ2n) is 5.29. The highest BCUT2D eigenvalue weighted by molar-refractivity contribution is 5.97. The summed E-state index contributed by atoms with van der Waals surface area (Å²) in [5.41, 5.74) is 2.46. The molecule has 0 bridgehead atoms. The van der Waals surface area contributed by atoms with Crippen molar-refractivity contribution in [2.45, 2.75) is 13.3 Å². The Bertz CT molecular complexity index is 611. The van der Waals surface area contributed by atoms with E-state index in [1.807, 2.05) is 36.1 Å². The molecule has 0 aliphatic carbocycles. The standard InChI is InChI=1S/C16H19N3O2/c1-12-3-5-13(6-4-12)15-14(18-11-21-15)16(20)19-9-2-7-17-8-10-19/h3-6,11,17H,2,7-10H2,1H3. The third-order valence-electron chi connectivity index (χ3n) is 3.71. The lowest BCUT2D eigenvalue weighted by atomic mass is 10.1. The molecule has 110 valence electrons. The predicted molar refractivity (Wildman–Crippen MR) is 80.1 cm³/mol. The van der Waals surface area contributed by atoms with Crippen LogP contribution in [-0.4, -0.2) is 42.0 Å². The van der Waals surface area contributed by atoms with Crippen LogP contribution in [0.25, 0.3) is 11.3 Å². The fourth-order valence-electron chi connectivity index (χ4n) is 2.51. The third kappa shape index (κ3) is 2.97. The van der Waals surface area contributed by atoms with Crippen molar-refractivity contribution in [3.63, 3.8) is 0 Å². The van der Waals surface area contributed by atoms with E-state index in [1.54, 1.807) is 0 Å². The summed E-state index contributed by atoms with van der Waals surface area (Å²) in [5, 5.41) is 3.29. The summed E-state index contributed by atoms with van der Waals surface area (Å²) < 4.78 is 5.46. The molecule has 2 aromatic rings. The molecule has 1 fully saturated rings. The summed E-state index contributed by atoms with van der Waals surface area (Å²) in [5.74, 6) is 0.500. The topological polar surface area (TPSA) is 58.4 Å². The summed E-state index contributed by atoms with van der Waals surface area (Å²) in [6.07, 6.45) is 2.31. The molecule has 5 nitrogen and oxygen atoms in total. The molecule has 0 saturated carbocycles. The number of nitrogens with zero attached hydrogens (tertiary/aromatic N) is 2. The first-order chi connectivity index (χ1) is 10.3. The van der Waals surface area contributed by atoms with Gasteiger partial charge in [-0.25, -0.2) is 4.98 Å². The van der Waals surface area contributed by atoms with Gasteiger partial charge in [0, 0.05) is 25.2 Å². The highest BCUT2D eigenvalue weighted by Gasteiger charge is 2.24. The van der Waals surface area contributed by atoms with Gasteiger partial charge in [-0.2, -0.15) is 0 Å². The van der Waals surface area contributed by atoms with Crippen LogP contribution in [0.4, 0.5) is 0 Å². The Hall–Kier alpha value is -2.14. The van der Waals surface area contributed by atoms with Crippen LogP contribution in [0.3, 0.4) is 0 Å². The zero-order chi connectivity index (χ0) is 14.7. The smallest absolute Gasteiger partial charge is 0.276 e. The van der Waals surface area contributed by atoms with Crippen molar-refractivity contribution in [1.82, 2.24) is 15.2 Å². The molecule has 0 atom stereocenters. The van der Waals surface area contributed by atoms with Gasteiger partial charge in [-0.3, -0.25) is 4.79 Å². The number of rotatable bonds is 2. The first kappa shape index (κ1) is 13.8. The first-order valence-corrected chi connectivity index (χ1v) is 7.26. The molecule has 1 aliphatic rings. The lowest BCUT2D eigenvalue weighted by molar-refractivity contribution is 0.0761. The Morgan fingerprint density at radius 3 is 2.86 bits per heavy atom. The zero-order valence-electron chi connectivity index (χ0n) is 12.1. The van der Waals surface area contributed by atoms with Gasteiger partial charge >= 0.3 is 0 Å². The zero-order valence-corrected chi connectivity index (χ0v) is 12.1. The molecule has 1 N–H and O–H groups in total. The normalized spacial score (nSPS) is 15.8. The van der Waals surface area contributed by atoms with Crippen molar-refractivity contribution in [3.05, 3.63) is 41.9 Å². The summed E-state index contributed by atoms with van der Waals surface area (Å²) >= 11 is 0. The molecule has 0 spiro atoms. The number of oxazole rings is 1. The van der Waals surface area contributed by atoms with Crippen molar-refractivity contribution in [3.8, 4) is 11.3 Å². The van der Waals surface area contributed by atoms with Crippen molar-refractivity contribution in [2.24, 2.45) is 0 Å². The van der Waals surface area contributed by atoms with Gasteiger partial charge in [0.1, 0.15) is 0 Å². The van der Waals surface area contributed by atoms with Crippen LogP contribution in [0.5, 0.6) is 0 Å². The lowest BCUT2D eigenvalue weighted by Crippen LogP contribution is -2.34. The molecule has 21 heavy (non-hydrogen) atoms. The van der Waals surface area contributed by atoms with Gasteiger partial charge in [-0.15, -0.1) is 0 Å². The third-order valence-corrected chi connectivity index (χ3v) is 3.71. The number of carbonyl (C=O) groups excluding carboxylic acids is 1. The monoisotopic (exact) mass is 285 g/mol. The number of hydrogen-bond acceptors (Lipinski definition) is 4. The molecule has 2 heterocycles. The van der Waals surface area contributed by atoms with E-state index >= 15 is 0 Å². The maximum Gasteiger partial charge on any atom is 0.276 e. The van der Waals surface area contributed by atoms with Crippen LogP contribution in [0.2, 0.25) is 0 Å². The second-order valence-corrected chi connectivity index (χ2v) is 5.29. The van der Waals surface area contributed by atoms with Crippen molar-refractivity contribution in [1.29, 1.82) is 0 Å². The van der Waals surface area contributed by atoms with Gasteiger partial charge < -0.3 is 14.6 Å². The Morgan fingerprint density at radius 2 is 2.05 bits per heavy atom. The van der Waals surface area contributed by atoms with E-state index in [0.29, 0.717) is 18.0 Å². The van der Waals surface area contributed by atoms with Gasteiger partial charge in [-0.1, -0.05) is 29.8 Å². The number of carbonyl (C=O) groups is 1. The summed E-state index contributed by atoms with van der Waals surface area (Å²) in [6.45, 7) is 5.27. The van der Waals surface area contributed by atoms with Gasteiger partial charge in [-0.05, 0) is 19.9 Å². The fraction of sp³-hybridized carbons (Fsp3) is 0.375. The molecule has 0 radical (unpaired) electrons. The largest absolute Gasteiger partial charge is 0.443 e. The molecule has 1 aromatic carbocycles. The van der Waals surface area contributed by atoms with E-state index in [-0.39, 0.29) is 5.91 Å². The summed E-state index contributed by atoms with van der Waals surface area (Å²) in [4.78, 5) is 18.6. The number of amides is 1. The SMILES string of the molecule is Cc1ccc(-c2ocnc2C(=O)N2CCCNCC2)cc1. The maximum absolute atomic E-state index is 12.7. The van der Waals surface area contributed by atoms with E-state index < -0.39 is 0 Å². The molecule has 1 saturated heterocycles. The minimum Gasteiger partial charge on any atom is -0.443 e. The second kappa shape index (κ2) is 6.10. The Balaban J connectivity index is 1.87. The van der Waals surface area contributed by atoms with Crippen LogP contribution >= 0.6 is 0 Å². The quantitative estimate of drug-likeness (QED) is 0.918. The molecular formula is C16H19N3O2. The predicted octanol–water partition coefficient (Wildman–Crippen LogP) is 2.09. The number of aryl methyl sites for hydroxylation is 1. The summed E-state index contributed by atoms with van der Waals surface area (Å²) in [6, 6.07) is 7.91. The van der Waals surface area contributed by atoms with Crippen molar-refractivity contribution in [2.75, 3.05) is 26.2 Å². The van der Waals surface area contributed by atoms with E-state index in [4.69, 9.17) is 4.42 Å². The molecule has 1 aromatic heterocycles. The molecule has 5 heteroatoms. The van der Waals surface area contributed by atoms with E-state index in [1.165, 1.54) is 12.0 Å². The van der Waals surface area contributed by atoms with Gasteiger partial charge in [0.25, 0.3) is 5.91 Å². The van der Waals surface area contributed by atoms with Crippen LogP contribution in [-0.2, 0) is 0 Å². The average Bonchev–Trinajstić information content (AvgIpc) is 2.82. The van der Waals surface area contributed by atoms with Crippen molar-refractivity contribution >= 4 is 5.91 Å². The Kier molecular flexibility index (Phi) is 4.01. The van der Waals surface area contributed by atoms with Gasteiger partial charge in [0.2, 0.25) is 0 Å². The molecule has 3 rings (SSSR count). The minimum atomic E-state index is -0.0528. The number of aromatic nitrogens is 1. The highest BCUT2D eigenvalue weighted by atomic mass is 16.3. The number of hydrogen-bond donors (Lipinski definition) is 1. The van der Waals surface area contributed by atoms with Crippen molar-refractivity contribution < 1.29 is 9.21 Å². The maximum atomic E-state index is 12.7. The van der Waals surface area contributed by atoms with E-state index in [2.05, 4.69) is 10.3 Å².